The fraction of sp³-hybridized carbons (Fsp3) is 0.0714. The standard InChI is InChI=1S/C14H8Cl5NO2/c15-7-1-8(16)3-9(2-7)22-6-14(21)20-13-5-11(18)10(17)4-12(13)19/h1-5H,6H2,(H,20,21). The Morgan fingerprint density at radius 2 is 1.45 bits per heavy atom. The predicted molar refractivity (Wildman–Crippen MR) is 92.1 cm³/mol. The van der Waals surface area contributed by atoms with Gasteiger partial charge >= 0.3 is 0 Å². The SMILES string of the molecule is O=C(COc1cc(Cl)cc(Cl)c1)Nc1cc(Cl)c(Cl)cc1Cl. The number of amides is 1. The molecule has 2 rings (SSSR count). The lowest BCUT2D eigenvalue weighted by molar-refractivity contribution is -0.118. The van der Waals surface area contributed by atoms with E-state index in [9.17, 15) is 4.79 Å². The Hall–Kier alpha value is -0.840. The minimum Gasteiger partial charge on any atom is -0.484 e. The van der Waals surface area contributed by atoms with Crippen LogP contribution in [0.3, 0.4) is 0 Å². The smallest absolute Gasteiger partial charge is 0.262 e. The molecule has 2 aromatic rings. The molecule has 0 aromatic heterocycles. The minimum absolute atomic E-state index is 0.243. The lowest BCUT2D eigenvalue weighted by Gasteiger charge is -2.10. The molecule has 0 aliphatic carbocycles. The molecule has 0 radical (unpaired) electrons. The molecule has 8 heteroatoms. The van der Waals surface area contributed by atoms with E-state index in [-0.39, 0.29) is 16.7 Å². The summed E-state index contributed by atoms with van der Waals surface area (Å²) >= 11 is 29.3. The Morgan fingerprint density at radius 1 is 0.864 bits per heavy atom. The molecule has 0 atom stereocenters. The summed E-state index contributed by atoms with van der Waals surface area (Å²) in [5, 5.41) is 4.25. The van der Waals surface area contributed by atoms with Gasteiger partial charge in [-0.2, -0.15) is 0 Å². The van der Waals surface area contributed by atoms with E-state index in [1.54, 1.807) is 18.2 Å². The van der Waals surface area contributed by atoms with E-state index in [2.05, 4.69) is 5.32 Å². The number of halogens is 5. The van der Waals surface area contributed by atoms with Crippen molar-refractivity contribution in [2.45, 2.75) is 0 Å². The van der Waals surface area contributed by atoms with Gasteiger partial charge in [0.25, 0.3) is 5.91 Å². The number of rotatable bonds is 4. The van der Waals surface area contributed by atoms with E-state index in [0.717, 1.165) is 0 Å². The lowest BCUT2D eigenvalue weighted by atomic mass is 10.3. The van der Waals surface area contributed by atoms with Crippen molar-refractivity contribution in [3.8, 4) is 5.75 Å². The molecule has 0 saturated heterocycles. The predicted octanol–water partition coefficient (Wildman–Crippen LogP) is 5.97. The quantitative estimate of drug-likeness (QED) is 0.643. The van der Waals surface area contributed by atoms with Crippen molar-refractivity contribution in [1.82, 2.24) is 0 Å². The molecule has 0 spiro atoms. The molecule has 0 aliphatic rings. The van der Waals surface area contributed by atoms with Crippen molar-refractivity contribution in [2.24, 2.45) is 0 Å². The Kier molecular flexibility index (Phi) is 6.07. The van der Waals surface area contributed by atoms with Crippen LogP contribution in [0.25, 0.3) is 0 Å². The lowest BCUT2D eigenvalue weighted by Crippen LogP contribution is -2.20. The van der Waals surface area contributed by atoms with Gasteiger partial charge in [0.05, 0.1) is 20.8 Å². The third kappa shape index (κ3) is 4.83. The number of hydrogen-bond acceptors (Lipinski definition) is 2. The van der Waals surface area contributed by atoms with Gasteiger partial charge in [-0.3, -0.25) is 4.79 Å². The van der Waals surface area contributed by atoms with Crippen LogP contribution in [0.2, 0.25) is 25.1 Å². The molecule has 0 bridgehead atoms. The van der Waals surface area contributed by atoms with Gasteiger partial charge < -0.3 is 10.1 Å². The monoisotopic (exact) mass is 397 g/mol. The third-order valence-corrected chi connectivity index (χ3v) is 3.96. The molecule has 0 unspecified atom stereocenters. The first kappa shape index (κ1) is 17.5. The molecule has 1 N–H and O–H groups in total. The van der Waals surface area contributed by atoms with Gasteiger partial charge in [0.15, 0.2) is 6.61 Å². The van der Waals surface area contributed by atoms with Gasteiger partial charge in [-0.1, -0.05) is 58.0 Å². The van der Waals surface area contributed by atoms with Gasteiger partial charge in [0.1, 0.15) is 5.75 Å². The largest absolute Gasteiger partial charge is 0.484 e. The second-order valence-electron chi connectivity index (χ2n) is 4.19. The summed E-state index contributed by atoms with van der Waals surface area (Å²) in [6, 6.07) is 7.56. The molecule has 0 aliphatic heterocycles. The Bertz CT molecular complexity index is 700. The molecular weight excluding hydrogens is 391 g/mol. The summed E-state index contributed by atoms with van der Waals surface area (Å²) in [5.41, 5.74) is 0.341. The number of carbonyl (C=O) groups excluding carboxylic acids is 1. The van der Waals surface area contributed by atoms with E-state index >= 15 is 0 Å². The van der Waals surface area contributed by atoms with Gasteiger partial charge in [0, 0.05) is 10.0 Å². The summed E-state index contributed by atoms with van der Waals surface area (Å²) < 4.78 is 5.31. The first-order valence-corrected chi connectivity index (χ1v) is 7.77. The molecule has 3 nitrogen and oxygen atoms in total. The van der Waals surface area contributed by atoms with Crippen LogP contribution in [-0.4, -0.2) is 12.5 Å². The molecule has 0 fully saturated rings. The topological polar surface area (TPSA) is 38.3 Å². The summed E-state index contributed by atoms with van der Waals surface area (Å²) in [6.45, 7) is -0.243. The maximum atomic E-state index is 11.9. The van der Waals surface area contributed by atoms with Crippen LogP contribution in [0.5, 0.6) is 5.75 Å². The zero-order valence-corrected chi connectivity index (χ0v) is 14.6. The highest BCUT2D eigenvalue weighted by Crippen LogP contribution is 2.32. The fourth-order valence-corrected chi connectivity index (χ4v) is 2.67. The van der Waals surface area contributed by atoms with Crippen molar-refractivity contribution in [1.29, 1.82) is 0 Å². The number of hydrogen-bond donors (Lipinski definition) is 1. The average Bonchev–Trinajstić information content (AvgIpc) is 2.41. The van der Waals surface area contributed by atoms with E-state index < -0.39 is 5.91 Å². The number of anilines is 1. The molecule has 2 aromatic carbocycles. The highest BCUT2D eigenvalue weighted by molar-refractivity contribution is 6.44. The first-order valence-electron chi connectivity index (χ1n) is 5.88. The molecule has 116 valence electrons. The van der Waals surface area contributed by atoms with E-state index in [4.69, 9.17) is 62.7 Å². The molecule has 22 heavy (non-hydrogen) atoms. The first-order chi connectivity index (χ1) is 10.3. The molecule has 0 saturated carbocycles. The Morgan fingerprint density at radius 3 is 2.09 bits per heavy atom. The molecule has 1 amide bonds. The zero-order chi connectivity index (χ0) is 16.3. The van der Waals surface area contributed by atoms with E-state index in [1.165, 1.54) is 12.1 Å². The van der Waals surface area contributed by atoms with Gasteiger partial charge in [0.2, 0.25) is 0 Å². The van der Waals surface area contributed by atoms with Crippen LogP contribution < -0.4 is 10.1 Å². The summed E-state index contributed by atoms with van der Waals surface area (Å²) in [4.78, 5) is 11.9. The van der Waals surface area contributed by atoms with Crippen molar-refractivity contribution < 1.29 is 9.53 Å². The van der Waals surface area contributed by atoms with Crippen LogP contribution >= 0.6 is 58.0 Å². The summed E-state index contributed by atoms with van der Waals surface area (Å²) in [7, 11) is 0. The molecular formula is C14H8Cl5NO2. The average molecular weight is 399 g/mol. The molecule has 0 heterocycles. The van der Waals surface area contributed by atoms with Crippen LogP contribution in [0.4, 0.5) is 5.69 Å². The van der Waals surface area contributed by atoms with Crippen LogP contribution in [-0.2, 0) is 4.79 Å². The van der Waals surface area contributed by atoms with Crippen molar-refractivity contribution in [3.05, 3.63) is 55.4 Å². The van der Waals surface area contributed by atoms with Crippen LogP contribution in [0, 0.1) is 0 Å². The number of nitrogens with one attached hydrogen (secondary N) is 1. The van der Waals surface area contributed by atoms with Crippen molar-refractivity contribution >= 4 is 69.6 Å². The van der Waals surface area contributed by atoms with E-state index in [1.807, 2.05) is 0 Å². The maximum absolute atomic E-state index is 11.9. The Balaban J connectivity index is 2.00. The van der Waals surface area contributed by atoms with Crippen molar-refractivity contribution in [2.75, 3.05) is 11.9 Å². The van der Waals surface area contributed by atoms with Crippen molar-refractivity contribution in [3.63, 3.8) is 0 Å². The zero-order valence-electron chi connectivity index (χ0n) is 10.8. The fourth-order valence-electron chi connectivity index (χ4n) is 1.57. The Labute approximate surface area is 152 Å². The second-order valence-corrected chi connectivity index (χ2v) is 6.28. The van der Waals surface area contributed by atoms with Gasteiger partial charge in [-0.15, -0.1) is 0 Å². The number of ether oxygens (including phenoxy) is 1. The second kappa shape index (κ2) is 7.62. The van der Waals surface area contributed by atoms with Gasteiger partial charge in [-0.05, 0) is 30.3 Å². The van der Waals surface area contributed by atoms with Gasteiger partial charge in [-0.25, -0.2) is 0 Å². The van der Waals surface area contributed by atoms with Crippen LogP contribution in [0.1, 0.15) is 0 Å². The minimum atomic E-state index is -0.420. The normalized spacial score (nSPS) is 10.4. The highest BCUT2D eigenvalue weighted by atomic mass is 35.5. The summed E-state index contributed by atoms with van der Waals surface area (Å²) in [5.74, 6) is -0.0377. The van der Waals surface area contributed by atoms with Crippen LogP contribution in [0.15, 0.2) is 30.3 Å². The third-order valence-electron chi connectivity index (χ3n) is 2.49. The number of carbonyl (C=O) groups is 1. The summed E-state index contributed by atoms with van der Waals surface area (Å²) in [6.07, 6.45) is 0. The maximum Gasteiger partial charge on any atom is 0.262 e. The number of benzene rings is 2. The highest BCUT2D eigenvalue weighted by Gasteiger charge is 2.10. The van der Waals surface area contributed by atoms with E-state index in [0.29, 0.717) is 26.5 Å².